The van der Waals surface area contributed by atoms with Gasteiger partial charge >= 0.3 is 15.8 Å². The molecule has 3 aromatic rings. The minimum atomic E-state index is -4.15. The molecule has 0 radical (unpaired) electrons. The van der Waals surface area contributed by atoms with Crippen LogP contribution in [0.5, 0.6) is 5.75 Å². The van der Waals surface area contributed by atoms with E-state index in [1.54, 1.807) is 14.0 Å². The lowest BCUT2D eigenvalue weighted by Crippen LogP contribution is -2.53. The summed E-state index contributed by atoms with van der Waals surface area (Å²) in [4.78, 5) is 46.2. The Morgan fingerprint density at radius 1 is 1.02 bits per heavy atom. The number of rotatable bonds is 9. The summed E-state index contributed by atoms with van der Waals surface area (Å²) < 4.78 is 61.6. The number of piperidine rings is 1. The summed E-state index contributed by atoms with van der Waals surface area (Å²) in [6, 6.07) is 6.56. The van der Waals surface area contributed by atoms with E-state index < -0.39 is 39.2 Å². The van der Waals surface area contributed by atoms with Gasteiger partial charge in [-0.05, 0) is 70.0 Å². The molecule has 1 atom stereocenters. The van der Waals surface area contributed by atoms with Crippen molar-refractivity contribution in [3.05, 3.63) is 68.3 Å². The van der Waals surface area contributed by atoms with Gasteiger partial charge in [0.2, 0.25) is 0 Å². The van der Waals surface area contributed by atoms with Gasteiger partial charge in [-0.15, -0.1) is 0 Å². The number of ether oxygens (including phenoxy) is 2. The summed E-state index contributed by atoms with van der Waals surface area (Å²) in [6.07, 6.45) is 2.60. The van der Waals surface area contributed by atoms with Crippen LogP contribution in [0.15, 0.2) is 33.5 Å². The van der Waals surface area contributed by atoms with Crippen LogP contribution in [-0.2, 0) is 27.9 Å². The number of fused-ring (bicyclic) bond motifs is 3. The van der Waals surface area contributed by atoms with Gasteiger partial charge in [0.05, 0.1) is 42.5 Å². The summed E-state index contributed by atoms with van der Waals surface area (Å²) in [5, 5.41) is 0.801. The van der Waals surface area contributed by atoms with Gasteiger partial charge in [0, 0.05) is 63.0 Å². The first kappa shape index (κ1) is 35.8. The lowest BCUT2D eigenvalue weighted by Gasteiger charge is -2.41. The molecular weight excluding hydrogens is 669 g/mol. The van der Waals surface area contributed by atoms with Crippen molar-refractivity contribution >= 4 is 38.7 Å². The van der Waals surface area contributed by atoms with E-state index in [9.17, 15) is 22.8 Å². The summed E-state index contributed by atoms with van der Waals surface area (Å²) in [6.45, 7) is 7.23. The van der Waals surface area contributed by atoms with Crippen LogP contribution < -0.4 is 20.0 Å². The maximum absolute atomic E-state index is 16.0. The number of halogens is 1. The van der Waals surface area contributed by atoms with Crippen LogP contribution in [0.25, 0.3) is 11.0 Å². The van der Waals surface area contributed by atoms with Crippen LogP contribution in [0.4, 0.5) is 10.1 Å². The molecular formula is C35H44FN5O8S. The molecule has 4 heterocycles. The molecule has 2 saturated heterocycles. The zero-order chi connectivity index (χ0) is 35.7. The molecule has 0 aliphatic carbocycles. The average Bonchev–Trinajstić information content (AvgIpc) is 3.10. The second kappa shape index (κ2) is 14.7. The lowest BCUT2D eigenvalue weighted by molar-refractivity contribution is 0.0726. The Morgan fingerprint density at radius 2 is 1.76 bits per heavy atom. The first-order valence-corrected chi connectivity index (χ1v) is 18.5. The van der Waals surface area contributed by atoms with E-state index in [4.69, 9.17) is 13.9 Å². The summed E-state index contributed by atoms with van der Waals surface area (Å²) >= 11 is 0. The van der Waals surface area contributed by atoms with E-state index in [1.165, 1.54) is 15.3 Å². The number of benzene rings is 2. The van der Waals surface area contributed by atoms with Gasteiger partial charge in [-0.1, -0.05) is 6.42 Å². The predicted octanol–water partition coefficient (Wildman–Crippen LogP) is 3.07. The molecule has 1 N–H and O–H groups in total. The highest BCUT2D eigenvalue weighted by Crippen LogP contribution is 2.34. The molecule has 270 valence electrons. The molecule has 2 fully saturated rings. The largest absolute Gasteiger partial charge is 0.490 e. The molecule has 13 nitrogen and oxygen atoms in total. The molecule has 15 heteroatoms. The van der Waals surface area contributed by atoms with Gasteiger partial charge in [0.15, 0.2) is 11.6 Å². The highest BCUT2D eigenvalue weighted by Gasteiger charge is 2.33. The summed E-state index contributed by atoms with van der Waals surface area (Å²) in [5.41, 5.74) is 2.21. The molecule has 2 aromatic carbocycles. The molecule has 50 heavy (non-hydrogen) atoms. The third kappa shape index (κ3) is 6.83. The fraction of sp³-hybridized carbons (Fsp3) is 0.514. The number of anilines is 1. The third-order valence-corrected chi connectivity index (χ3v) is 11.5. The Labute approximate surface area is 291 Å². The van der Waals surface area contributed by atoms with Crippen molar-refractivity contribution in [1.29, 1.82) is 0 Å². The van der Waals surface area contributed by atoms with Gasteiger partial charge in [0.25, 0.3) is 11.8 Å². The Bertz CT molecular complexity index is 1960. The number of methoxy groups -OCH3 is 1. The monoisotopic (exact) mass is 713 g/mol. The van der Waals surface area contributed by atoms with Crippen molar-refractivity contribution in [3.8, 4) is 5.75 Å². The number of piperazine rings is 1. The van der Waals surface area contributed by atoms with Crippen molar-refractivity contribution in [3.63, 3.8) is 0 Å². The molecule has 3 aliphatic heterocycles. The highest BCUT2D eigenvalue weighted by molar-refractivity contribution is 7.87. The number of carbonyl (C=O) groups excluding carboxylic acids is 2. The zero-order valence-electron chi connectivity index (χ0n) is 28.9. The van der Waals surface area contributed by atoms with Gasteiger partial charge in [-0.3, -0.25) is 14.5 Å². The van der Waals surface area contributed by atoms with Gasteiger partial charge in [-0.2, -0.15) is 12.7 Å². The van der Waals surface area contributed by atoms with Crippen LogP contribution in [0, 0.1) is 12.7 Å². The zero-order valence-corrected chi connectivity index (χ0v) is 29.7. The average molecular weight is 714 g/mol. The Kier molecular flexibility index (Phi) is 10.5. The van der Waals surface area contributed by atoms with Gasteiger partial charge < -0.3 is 23.7 Å². The van der Waals surface area contributed by atoms with E-state index in [1.807, 2.05) is 23.8 Å². The fourth-order valence-electron chi connectivity index (χ4n) is 7.20. The number of likely N-dealkylation sites (N-methyl/N-ethyl adjacent to an activating group) is 1. The van der Waals surface area contributed by atoms with Crippen molar-refractivity contribution < 1.29 is 36.3 Å². The number of carbonyl (C=O) groups is 2. The minimum Gasteiger partial charge on any atom is -0.490 e. The number of nitrogens with one attached hydrogen (secondary N) is 1. The van der Waals surface area contributed by atoms with E-state index in [0.717, 1.165) is 54.3 Å². The third-order valence-electron chi connectivity index (χ3n) is 9.99. The smallest absolute Gasteiger partial charge is 0.341 e. The Morgan fingerprint density at radius 3 is 2.48 bits per heavy atom. The van der Waals surface area contributed by atoms with Gasteiger partial charge in [-0.25, -0.2) is 13.9 Å². The second-order valence-corrected chi connectivity index (χ2v) is 14.7. The SMILES string of the molecule is CCOc1c(C(=O)NS(=O)(=O)N2CCCCC2)ccc(C(=O)N2CCc3c(c(=O)oc4c(C)c(N5CCN(C)[C@@H](COC)C5)ccc34)C2)c1F. The maximum atomic E-state index is 16.0. The van der Waals surface area contributed by atoms with E-state index in [2.05, 4.69) is 16.8 Å². The van der Waals surface area contributed by atoms with E-state index in [0.29, 0.717) is 37.0 Å². The van der Waals surface area contributed by atoms with E-state index >= 15 is 4.39 Å². The number of aryl methyl sites for hydroxylation is 1. The standard InChI is InChI=1S/C35H44FN5O8S/c1-5-48-32-27(33(42)37-50(45,46)41-14-7-6-8-15-41)10-9-26(30(32)36)34(43)40-16-13-24-25-11-12-29(22(2)31(25)49-35(44)28(24)20-40)39-18-17-38(3)23(19-39)21-47-4/h9-12,23H,5-8,13-21H2,1-4H3,(H,37,42)/t23-/m1/s1. The quantitative estimate of drug-likeness (QED) is 0.329. The number of hydrogen-bond donors (Lipinski definition) is 1. The highest BCUT2D eigenvalue weighted by atomic mass is 32.2. The van der Waals surface area contributed by atoms with Crippen LogP contribution in [0.1, 0.15) is 63.6 Å². The molecule has 1 aromatic heterocycles. The minimum absolute atomic E-state index is 0.0391. The molecule has 0 unspecified atom stereocenters. The fourth-order valence-corrected chi connectivity index (χ4v) is 8.42. The predicted molar refractivity (Wildman–Crippen MR) is 186 cm³/mol. The lowest BCUT2D eigenvalue weighted by atomic mass is 9.95. The molecule has 3 aliphatic rings. The first-order valence-electron chi connectivity index (χ1n) is 17.0. The van der Waals surface area contributed by atoms with Crippen LogP contribution >= 0.6 is 0 Å². The summed E-state index contributed by atoms with van der Waals surface area (Å²) in [7, 11) is -0.374. The Balaban J connectivity index is 1.24. The van der Waals surface area contributed by atoms with Crippen LogP contribution in [-0.4, -0.2) is 107 Å². The van der Waals surface area contributed by atoms with E-state index in [-0.39, 0.29) is 50.0 Å². The van der Waals surface area contributed by atoms with Crippen molar-refractivity contribution in [2.24, 2.45) is 0 Å². The van der Waals surface area contributed by atoms with Crippen LogP contribution in [0.2, 0.25) is 0 Å². The van der Waals surface area contributed by atoms with Crippen LogP contribution in [0.3, 0.4) is 0 Å². The molecule has 0 bridgehead atoms. The van der Waals surface area contributed by atoms with Crippen molar-refractivity contribution in [2.75, 3.05) is 71.5 Å². The molecule has 0 spiro atoms. The topological polar surface area (TPSA) is 142 Å². The maximum Gasteiger partial charge on any atom is 0.341 e. The second-order valence-electron chi connectivity index (χ2n) is 13.1. The van der Waals surface area contributed by atoms with Gasteiger partial charge in [0.1, 0.15) is 5.58 Å². The number of nitrogens with zero attached hydrogens (tertiary/aromatic N) is 4. The number of hydrogen-bond acceptors (Lipinski definition) is 10. The summed E-state index contributed by atoms with van der Waals surface area (Å²) in [5.74, 6) is -3.37. The normalized spacial score (nSPS) is 19.0. The van der Waals surface area contributed by atoms with Crippen molar-refractivity contribution in [1.82, 2.24) is 18.8 Å². The molecule has 6 rings (SSSR count). The Hall–Kier alpha value is -4.05. The first-order chi connectivity index (χ1) is 23.9. The molecule has 2 amide bonds. The number of amides is 2. The van der Waals surface area contributed by atoms with Crippen molar-refractivity contribution in [2.45, 2.75) is 52.1 Å². The molecule has 0 saturated carbocycles.